The van der Waals surface area contributed by atoms with Gasteiger partial charge in [0.2, 0.25) is 0 Å². The molecule has 96 valence electrons. The molecule has 2 aromatic rings. The normalized spacial score (nSPS) is 12.6. The number of benzene rings is 1. The smallest absolute Gasteiger partial charge is 0.174 e. The van der Waals surface area contributed by atoms with Gasteiger partial charge in [-0.15, -0.1) is 0 Å². The fourth-order valence-corrected chi connectivity index (χ4v) is 3.43. The summed E-state index contributed by atoms with van der Waals surface area (Å²) in [5.41, 5.74) is 7.16. The third-order valence-electron chi connectivity index (χ3n) is 2.48. The molecule has 0 saturated carbocycles. The van der Waals surface area contributed by atoms with Gasteiger partial charge in [0.15, 0.2) is 4.34 Å². The van der Waals surface area contributed by atoms with E-state index in [1.54, 1.807) is 11.8 Å². The number of aromatic nitrogens is 2. The molecule has 0 fully saturated rings. The monoisotopic (exact) mass is 279 g/mol. The summed E-state index contributed by atoms with van der Waals surface area (Å²) in [6, 6.07) is 8.53. The Hall–Kier alpha value is -0.910. The van der Waals surface area contributed by atoms with Gasteiger partial charge < -0.3 is 5.73 Å². The second-order valence-electron chi connectivity index (χ2n) is 4.22. The molecule has 1 atom stereocenters. The average Bonchev–Trinajstić information content (AvgIpc) is 2.79. The molecule has 1 aromatic heterocycles. The molecule has 5 heteroatoms. The van der Waals surface area contributed by atoms with Crippen LogP contribution in [0, 0.1) is 0 Å². The van der Waals surface area contributed by atoms with Crippen LogP contribution in [0.4, 0.5) is 0 Å². The summed E-state index contributed by atoms with van der Waals surface area (Å²) in [6.07, 6.45) is 1.78. The van der Waals surface area contributed by atoms with Crippen molar-refractivity contribution in [2.24, 2.45) is 5.73 Å². The van der Waals surface area contributed by atoms with Crippen LogP contribution in [0.5, 0.6) is 0 Å². The van der Waals surface area contributed by atoms with Crippen molar-refractivity contribution in [3.63, 3.8) is 0 Å². The van der Waals surface area contributed by atoms with Crippen molar-refractivity contribution in [2.75, 3.05) is 0 Å². The van der Waals surface area contributed by atoms with Crippen LogP contribution in [0.3, 0.4) is 0 Å². The van der Waals surface area contributed by atoms with Crippen LogP contribution in [0.25, 0.3) is 0 Å². The molecule has 0 amide bonds. The fraction of sp³-hybridized carbons (Fsp3) is 0.385. The number of rotatable bonds is 5. The van der Waals surface area contributed by atoms with Gasteiger partial charge in [0, 0.05) is 17.4 Å². The van der Waals surface area contributed by atoms with Crippen LogP contribution < -0.4 is 5.73 Å². The number of nitrogens with two attached hydrogens (primary N) is 1. The lowest BCUT2D eigenvalue weighted by atomic mass is 10.1. The molecule has 0 aliphatic rings. The van der Waals surface area contributed by atoms with Crippen LogP contribution in [0.1, 0.15) is 25.2 Å². The van der Waals surface area contributed by atoms with E-state index < -0.39 is 0 Å². The Bertz CT molecular complexity index is 508. The third kappa shape index (κ3) is 3.54. The average molecular weight is 279 g/mol. The molecule has 0 aliphatic carbocycles. The number of hydrogen-bond acceptors (Lipinski definition) is 5. The zero-order valence-corrected chi connectivity index (χ0v) is 12.2. The third-order valence-corrected chi connectivity index (χ3v) is 4.38. The summed E-state index contributed by atoms with van der Waals surface area (Å²) < 4.78 is 5.31. The van der Waals surface area contributed by atoms with Crippen LogP contribution in [0.2, 0.25) is 0 Å². The Balaban J connectivity index is 2.17. The summed E-state index contributed by atoms with van der Waals surface area (Å²) in [7, 11) is 0. The summed E-state index contributed by atoms with van der Waals surface area (Å²) in [5.74, 6) is 0.923. The molecular weight excluding hydrogens is 262 g/mol. The molecule has 0 spiro atoms. The van der Waals surface area contributed by atoms with Crippen LogP contribution in [-0.4, -0.2) is 15.4 Å². The van der Waals surface area contributed by atoms with Crippen LogP contribution >= 0.6 is 23.3 Å². The molecule has 1 heterocycles. The van der Waals surface area contributed by atoms with E-state index in [1.807, 2.05) is 6.92 Å². The highest BCUT2D eigenvalue weighted by atomic mass is 32.2. The molecule has 0 bridgehead atoms. The first kappa shape index (κ1) is 13.5. The van der Waals surface area contributed by atoms with Gasteiger partial charge >= 0.3 is 0 Å². The highest BCUT2D eigenvalue weighted by molar-refractivity contribution is 8.01. The van der Waals surface area contributed by atoms with E-state index in [0.29, 0.717) is 0 Å². The van der Waals surface area contributed by atoms with Crippen LogP contribution in [-0.2, 0) is 12.8 Å². The molecule has 3 nitrogen and oxygen atoms in total. The Morgan fingerprint density at radius 2 is 2.17 bits per heavy atom. The maximum Gasteiger partial charge on any atom is 0.174 e. The predicted molar refractivity (Wildman–Crippen MR) is 77.2 cm³/mol. The van der Waals surface area contributed by atoms with E-state index in [2.05, 4.69) is 40.5 Å². The summed E-state index contributed by atoms with van der Waals surface area (Å²) in [5, 5.41) is 0. The Morgan fingerprint density at radius 1 is 1.39 bits per heavy atom. The van der Waals surface area contributed by atoms with E-state index in [-0.39, 0.29) is 6.04 Å². The second kappa shape index (κ2) is 6.31. The van der Waals surface area contributed by atoms with Crippen molar-refractivity contribution in [1.29, 1.82) is 0 Å². The van der Waals surface area contributed by atoms with E-state index in [0.717, 1.165) is 23.0 Å². The van der Waals surface area contributed by atoms with Gasteiger partial charge in [0.1, 0.15) is 5.82 Å². The summed E-state index contributed by atoms with van der Waals surface area (Å²) >= 11 is 3.15. The maximum absolute atomic E-state index is 5.88. The number of hydrogen-bond donors (Lipinski definition) is 1. The molecule has 1 aromatic carbocycles. The minimum Gasteiger partial charge on any atom is -0.328 e. The Labute approximate surface area is 116 Å². The first-order valence-electron chi connectivity index (χ1n) is 6.03. The zero-order valence-electron chi connectivity index (χ0n) is 10.6. The summed E-state index contributed by atoms with van der Waals surface area (Å²) in [4.78, 5) is 5.71. The highest BCUT2D eigenvalue weighted by Crippen LogP contribution is 2.32. The van der Waals surface area contributed by atoms with Crippen molar-refractivity contribution in [3.05, 3.63) is 35.7 Å². The van der Waals surface area contributed by atoms with Crippen molar-refractivity contribution in [3.8, 4) is 0 Å². The van der Waals surface area contributed by atoms with Crippen LogP contribution in [0.15, 0.2) is 33.5 Å². The number of aryl methyl sites for hydroxylation is 1. The van der Waals surface area contributed by atoms with Crippen molar-refractivity contribution < 1.29 is 0 Å². The molecule has 18 heavy (non-hydrogen) atoms. The van der Waals surface area contributed by atoms with Gasteiger partial charge in [0.05, 0.1) is 0 Å². The molecule has 2 N–H and O–H groups in total. The van der Waals surface area contributed by atoms with Crippen molar-refractivity contribution >= 4 is 23.3 Å². The quantitative estimate of drug-likeness (QED) is 0.913. The van der Waals surface area contributed by atoms with Gasteiger partial charge in [-0.1, -0.05) is 36.9 Å². The maximum atomic E-state index is 5.88. The topological polar surface area (TPSA) is 51.8 Å². The first-order valence-corrected chi connectivity index (χ1v) is 7.62. The standard InChI is InChI=1S/C13H17N3S2/c1-3-12-15-13(18-16-12)17-11-7-5-4-6-10(11)8-9(2)14/h4-7,9H,3,8,14H2,1-2H3. The van der Waals surface area contributed by atoms with E-state index in [9.17, 15) is 0 Å². The van der Waals surface area contributed by atoms with Gasteiger partial charge in [-0.05, 0) is 36.5 Å². The molecule has 0 saturated heterocycles. The molecular formula is C13H17N3S2. The molecule has 1 unspecified atom stereocenters. The minimum atomic E-state index is 0.173. The zero-order chi connectivity index (χ0) is 13.0. The van der Waals surface area contributed by atoms with E-state index in [4.69, 9.17) is 5.73 Å². The highest BCUT2D eigenvalue weighted by Gasteiger charge is 2.09. The predicted octanol–water partition coefficient (Wildman–Crippen LogP) is 3.14. The largest absolute Gasteiger partial charge is 0.328 e. The van der Waals surface area contributed by atoms with E-state index >= 15 is 0 Å². The Morgan fingerprint density at radius 3 is 2.83 bits per heavy atom. The fourth-order valence-electron chi connectivity index (χ4n) is 1.64. The van der Waals surface area contributed by atoms with E-state index in [1.165, 1.54) is 22.0 Å². The van der Waals surface area contributed by atoms with Crippen molar-refractivity contribution in [2.45, 2.75) is 42.0 Å². The lowest BCUT2D eigenvalue weighted by molar-refractivity contribution is 0.729. The second-order valence-corrected chi connectivity index (χ2v) is 6.26. The van der Waals surface area contributed by atoms with Gasteiger partial charge in [0.25, 0.3) is 0 Å². The molecule has 2 rings (SSSR count). The lowest BCUT2D eigenvalue weighted by Crippen LogP contribution is -2.18. The van der Waals surface area contributed by atoms with Crippen molar-refractivity contribution in [1.82, 2.24) is 9.36 Å². The first-order chi connectivity index (χ1) is 8.69. The lowest BCUT2D eigenvalue weighted by Gasteiger charge is -2.09. The van der Waals surface area contributed by atoms with Gasteiger partial charge in [-0.25, -0.2) is 4.98 Å². The molecule has 0 radical (unpaired) electrons. The van der Waals surface area contributed by atoms with Gasteiger partial charge in [-0.3, -0.25) is 0 Å². The minimum absolute atomic E-state index is 0.173. The molecule has 0 aliphatic heterocycles. The SMILES string of the molecule is CCc1nsc(Sc2ccccc2CC(C)N)n1. The number of nitrogens with zero attached hydrogens (tertiary/aromatic N) is 2. The summed E-state index contributed by atoms with van der Waals surface area (Å²) in [6.45, 7) is 4.10. The van der Waals surface area contributed by atoms with Gasteiger partial charge in [-0.2, -0.15) is 4.37 Å². The Kier molecular flexibility index (Phi) is 4.74.